The lowest BCUT2D eigenvalue weighted by molar-refractivity contribution is -0.150. The molecule has 0 bridgehead atoms. The fourth-order valence-corrected chi connectivity index (χ4v) is 2.98. The van der Waals surface area contributed by atoms with Crippen molar-refractivity contribution in [1.82, 2.24) is 0 Å². The van der Waals surface area contributed by atoms with Gasteiger partial charge in [0.15, 0.2) is 11.5 Å². The predicted molar refractivity (Wildman–Crippen MR) is 113 cm³/mol. The van der Waals surface area contributed by atoms with Gasteiger partial charge in [-0.05, 0) is 30.2 Å². The van der Waals surface area contributed by atoms with Crippen LogP contribution in [0.3, 0.4) is 0 Å². The molecule has 0 N–H and O–H groups in total. The number of esters is 4. The summed E-state index contributed by atoms with van der Waals surface area (Å²) in [6.45, 7) is 3.87. The highest BCUT2D eigenvalue weighted by Gasteiger charge is 2.33. The summed E-state index contributed by atoms with van der Waals surface area (Å²) in [7, 11) is 1.10. The second-order valence-corrected chi connectivity index (χ2v) is 6.84. The first-order valence-corrected chi connectivity index (χ1v) is 9.96. The SMILES string of the molecule is C/C=C(/C=O)C(CC(=O)OCCc1ccc(OC(C)=O)c(OC(C)=O)c1)C(C=O)C(=O)OC. The number of benzene rings is 1. The number of methoxy groups -OCH3 is 1. The number of carbonyl (C=O) groups is 6. The van der Waals surface area contributed by atoms with Gasteiger partial charge in [0.05, 0.1) is 20.1 Å². The highest BCUT2D eigenvalue weighted by atomic mass is 16.6. The van der Waals surface area contributed by atoms with E-state index in [2.05, 4.69) is 4.74 Å². The Kier molecular flexibility index (Phi) is 11.2. The molecule has 1 rings (SSSR count). The van der Waals surface area contributed by atoms with Crippen molar-refractivity contribution in [3.8, 4) is 11.5 Å². The summed E-state index contributed by atoms with van der Waals surface area (Å²) in [6.07, 6.45) is 2.05. The molecule has 0 saturated heterocycles. The van der Waals surface area contributed by atoms with Gasteiger partial charge >= 0.3 is 23.9 Å². The van der Waals surface area contributed by atoms with E-state index in [1.165, 1.54) is 32.1 Å². The van der Waals surface area contributed by atoms with Gasteiger partial charge in [0, 0.05) is 26.2 Å². The lowest BCUT2D eigenvalue weighted by Crippen LogP contribution is -2.30. The molecule has 178 valence electrons. The first-order chi connectivity index (χ1) is 15.7. The van der Waals surface area contributed by atoms with Crippen molar-refractivity contribution in [2.24, 2.45) is 11.8 Å². The normalized spacial score (nSPS) is 12.7. The topological polar surface area (TPSA) is 139 Å². The molecule has 0 aliphatic carbocycles. The summed E-state index contributed by atoms with van der Waals surface area (Å²) in [5.74, 6) is -5.04. The van der Waals surface area contributed by atoms with E-state index >= 15 is 0 Å². The Balaban J connectivity index is 2.87. The standard InChI is InChI=1S/C23H26O10/c1-5-17(12-24)18(19(13-25)23(29)30-4)11-22(28)31-9-8-16-6-7-20(32-14(2)26)21(10-16)33-15(3)27/h5-7,10,12-13,18-19H,8-9,11H2,1-4H3/b17-5-. The van der Waals surface area contributed by atoms with E-state index < -0.39 is 35.7 Å². The van der Waals surface area contributed by atoms with E-state index in [9.17, 15) is 28.8 Å². The average Bonchev–Trinajstić information content (AvgIpc) is 2.75. The minimum Gasteiger partial charge on any atom is -0.468 e. The molecular weight excluding hydrogens is 436 g/mol. The van der Waals surface area contributed by atoms with Crippen LogP contribution in [-0.2, 0) is 44.7 Å². The van der Waals surface area contributed by atoms with E-state index in [0.29, 0.717) is 18.1 Å². The molecule has 0 aromatic heterocycles. The largest absolute Gasteiger partial charge is 0.468 e. The van der Waals surface area contributed by atoms with Crippen molar-refractivity contribution < 1.29 is 47.7 Å². The van der Waals surface area contributed by atoms with Crippen molar-refractivity contribution in [2.75, 3.05) is 13.7 Å². The van der Waals surface area contributed by atoms with Crippen molar-refractivity contribution >= 4 is 36.4 Å². The van der Waals surface area contributed by atoms with Crippen molar-refractivity contribution in [3.63, 3.8) is 0 Å². The fourth-order valence-electron chi connectivity index (χ4n) is 2.98. The summed E-state index contributed by atoms with van der Waals surface area (Å²) >= 11 is 0. The Bertz CT molecular complexity index is 931. The van der Waals surface area contributed by atoms with Crippen molar-refractivity contribution in [3.05, 3.63) is 35.4 Å². The summed E-state index contributed by atoms with van der Waals surface area (Å²) in [6, 6.07) is 4.52. The van der Waals surface area contributed by atoms with Crippen LogP contribution in [-0.4, -0.2) is 50.2 Å². The second kappa shape index (κ2) is 13.6. The molecule has 1 aromatic rings. The quantitative estimate of drug-likeness (QED) is 0.148. The van der Waals surface area contributed by atoms with Crippen LogP contribution in [0.5, 0.6) is 11.5 Å². The van der Waals surface area contributed by atoms with E-state index in [4.69, 9.17) is 14.2 Å². The fraction of sp³-hybridized carbons (Fsp3) is 0.391. The maximum Gasteiger partial charge on any atom is 0.316 e. The number of hydrogen-bond donors (Lipinski definition) is 0. The van der Waals surface area contributed by atoms with Crippen molar-refractivity contribution in [2.45, 2.75) is 33.6 Å². The van der Waals surface area contributed by atoms with Crippen LogP contribution < -0.4 is 9.47 Å². The van der Waals surface area contributed by atoms with Crippen LogP contribution >= 0.6 is 0 Å². The van der Waals surface area contributed by atoms with Gasteiger partial charge in [0.2, 0.25) is 0 Å². The molecule has 0 amide bonds. The summed E-state index contributed by atoms with van der Waals surface area (Å²) < 4.78 is 19.8. The molecule has 33 heavy (non-hydrogen) atoms. The Hall–Kier alpha value is -3.82. The first-order valence-electron chi connectivity index (χ1n) is 9.96. The molecule has 0 aliphatic rings. The molecular formula is C23H26O10. The number of allylic oxidation sites excluding steroid dienone is 2. The van der Waals surface area contributed by atoms with E-state index in [0.717, 1.165) is 7.11 Å². The highest BCUT2D eigenvalue weighted by Crippen LogP contribution is 2.29. The van der Waals surface area contributed by atoms with Crippen molar-refractivity contribution in [1.29, 1.82) is 0 Å². The Morgan fingerprint density at radius 1 is 1.00 bits per heavy atom. The van der Waals surface area contributed by atoms with Gasteiger partial charge < -0.3 is 23.7 Å². The maximum absolute atomic E-state index is 12.3. The van der Waals surface area contributed by atoms with Gasteiger partial charge in [0.1, 0.15) is 18.5 Å². The summed E-state index contributed by atoms with van der Waals surface area (Å²) in [5.41, 5.74) is 0.718. The first kappa shape index (κ1) is 27.2. The molecule has 0 aliphatic heterocycles. The third kappa shape index (κ3) is 8.68. The molecule has 10 nitrogen and oxygen atoms in total. The third-order valence-electron chi connectivity index (χ3n) is 4.51. The monoisotopic (exact) mass is 462 g/mol. The molecule has 2 unspecified atom stereocenters. The van der Waals surface area contributed by atoms with E-state index in [1.807, 2.05) is 0 Å². The van der Waals surface area contributed by atoms with Crippen LogP contribution in [0.4, 0.5) is 0 Å². The molecule has 1 aromatic carbocycles. The van der Waals surface area contributed by atoms with Crippen LogP contribution in [0.2, 0.25) is 0 Å². The number of aldehydes is 2. The second-order valence-electron chi connectivity index (χ2n) is 6.84. The lowest BCUT2D eigenvalue weighted by Gasteiger charge is -2.20. The lowest BCUT2D eigenvalue weighted by atomic mass is 9.84. The average molecular weight is 462 g/mol. The molecule has 0 heterocycles. The van der Waals surface area contributed by atoms with Crippen LogP contribution in [0.15, 0.2) is 29.8 Å². The van der Waals surface area contributed by atoms with Gasteiger partial charge in [-0.3, -0.25) is 24.0 Å². The highest BCUT2D eigenvalue weighted by molar-refractivity contribution is 5.91. The Morgan fingerprint density at radius 3 is 2.15 bits per heavy atom. The van der Waals surface area contributed by atoms with E-state index in [1.54, 1.807) is 13.0 Å². The van der Waals surface area contributed by atoms with Gasteiger partial charge in [-0.25, -0.2) is 0 Å². The zero-order valence-electron chi connectivity index (χ0n) is 18.8. The number of rotatable bonds is 12. The Morgan fingerprint density at radius 2 is 1.64 bits per heavy atom. The Labute approximate surface area is 190 Å². The molecule has 0 fully saturated rings. The van der Waals surface area contributed by atoms with Gasteiger partial charge in [-0.1, -0.05) is 12.1 Å². The minimum absolute atomic E-state index is 0.0391. The third-order valence-corrected chi connectivity index (χ3v) is 4.51. The molecule has 0 spiro atoms. The minimum atomic E-state index is -1.33. The van der Waals surface area contributed by atoms with Crippen LogP contribution in [0.1, 0.15) is 32.8 Å². The zero-order chi connectivity index (χ0) is 25.0. The molecule has 10 heteroatoms. The van der Waals surface area contributed by atoms with Crippen LogP contribution in [0, 0.1) is 11.8 Å². The zero-order valence-corrected chi connectivity index (χ0v) is 18.8. The summed E-state index contributed by atoms with van der Waals surface area (Å²) in [5, 5.41) is 0. The predicted octanol–water partition coefficient (Wildman–Crippen LogP) is 1.76. The van der Waals surface area contributed by atoms with Gasteiger partial charge in [0.25, 0.3) is 0 Å². The number of carbonyl (C=O) groups excluding carboxylic acids is 6. The maximum atomic E-state index is 12.3. The number of hydrogen-bond acceptors (Lipinski definition) is 10. The molecule has 0 radical (unpaired) electrons. The van der Waals surface area contributed by atoms with Crippen LogP contribution in [0.25, 0.3) is 0 Å². The molecule has 2 atom stereocenters. The smallest absolute Gasteiger partial charge is 0.316 e. The molecule has 0 saturated carbocycles. The van der Waals surface area contributed by atoms with Gasteiger partial charge in [-0.2, -0.15) is 0 Å². The van der Waals surface area contributed by atoms with E-state index in [-0.39, 0.29) is 36.5 Å². The van der Waals surface area contributed by atoms with Gasteiger partial charge in [-0.15, -0.1) is 0 Å². The number of ether oxygens (including phenoxy) is 4. The summed E-state index contributed by atoms with van der Waals surface area (Å²) in [4.78, 5) is 69.5.